The molecule has 0 N–H and O–H groups in total. The van der Waals surface area contributed by atoms with Crippen molar-refractivity contribution >= 4 is 5.78 Å². The monoisotopic (exact) mass is 174 g/mol. The lowest BCUT2D eigenvalue weighted by molar-refractivity contribution is 0.100. The van der Waals surface area contributed by atoms with Crippen LogP contribution in [-0.4, -0.2) is 5.78 Å². The van der Waals surface area contributed by atoms with E-state index < -0.39 is 0 Å². The first-order valence-electron chi connectivity index (χ1n) is 4.32. The van der Waals surface area contributed by atoms with Crippen LogP contribution < -0.4 is 0 Å². The number of carbonyl (C=O) groups is 1. The van der Waals surface area contributed by atoms with Gasteiger partial charge in [0, 0.05) is 5.57 Å². The van der Waals surface area contributed by atoms with Crippen LogP contribution in [0.3, 0.4) is 0 Å². The van der Waals surface area contributed by atoms with E-state index in [4.69, 9.17) is 4.42 Å². The molecule has 0 aromatic carbocycles. The van der Waals surface area contributed by atoms with Gasteiger partial charge in [0.05, 0.1) is 6.26 Å². The second kappa shape index (κ2) is 3.44. The third kappa shape index (κ3) is 1.61. The third-order valence-electron chi connectivity index (χ3n) is 2.05. The number of furan rings is 1. The molecule has 0 fully saturated rings. The number of rotatable bonds is 2. The van der Waals surface area contributed by atoms with Crippen LogP contribution >= 0.6 is 0 Å². The van der Waals surface area contributed by atoms with E-state index in [1.807, 2.05) is 12.2 Å². The van der Waals surface area contributed by atoms with Crippen LogP contribution in [0.4, 0.5) is 0 Å². The van der Waals surface area contributed by atoms with Crippen LogP contribution in [0.25, 0.3) is 0 Å². The quantitative estimate of drug-likeness (QED) is 0.645. The van der Waals surface area contributed by atoms with Gasteiger partial charge in [-0.25, -0.2) is 0 Å². The molecule has 0 spiro atoms. The largest absolute Gasteiger partial charge is 0.461 e. The molecule has 0 atom stereocenters. The van der Waals surface area contributed by atoms with Gasteiger partial charge in [0.15, 0.2) is 5.76 Å². The van der Waals surface area contributed by atoms with Gasteiger partial charge in [-0.05, 0) is 25.0 Å². The highest BCUT2D eigenvalue weighted by Crippen LogP contribution is 2.17. The Morgan fingerprint density at radius 3 is 3.00 bits per heavy atom. The molecule has 1 aromatic heterocycles. The minimum absolute atomic E-state index is 0.00866. The van der Waals surface area contributed by atoms with Crippen molar-refractivity contribution in [1.82, 2.24) is 0 Å². The SMILES string of the molecule is O=C(C1=CC=CCC1)c1ccco1. The molecule has 2 nitrogen and oxygen atoms in total. The van der Waals surface area contributed by atoms with Crippen molar-refractivity contribution in [2.24, 2.45) is 0 Å². The molecule has 0 saturated carbocycles. The second-order valence-electron chi connectivity index (χ2n) is 2.97. The molecule has 1 aliphatic rings. The van der Waals surface area contributed by atoms with Crippen molar-refractivity contribution in [2.45, 2.75) is 12.8 Å². The average Bonchev–Trinajstić information content (AvgIpc) is 2.71. The van der Waals surface area contributed by atoms with E-state index in [2.05, 4.69) is 6.08 Å². The molecule has 0 unspecified atom stereocenters. The van der Waals surface area contributed by atoms with Gasteiger partial charge in [0.2, 0.25) is 5.78 Å². The Bertz CT molecular complexity index is 355. The standard InChI is InChI=1S/C11H10O2/c12-11(10-7-4-8-13-10)9-5-2-1-3-6-9/h1-2,4-5,7-8H,3,6H2. The maximum atomic E-state index is 11.7. The van der Waals surface area contributed by atoms with E-state index in [9.17, 15) is 4.79 Å². The second-order valence-corrected chi connectivity index (χ2v) is 2.97. The van der Waals surface area contributed by atoms with E-state index in [0.29, 0.717) is 5.76 Å². The molecule has 1 aromatic rings. The van der Waals surface area contributed by atoms with Gasteiger partial charge in [-0.3, -0.25) is 4.79 Å². The van der Waals surface area contributed by atoms with Crippen molar-refractivity contribution < 1.29 is 9.21 Å². The van der Waals surface area contributed by atoms with Crippen molar-refractivity contribution in [2.75, 3.05) is 0 Å². The zero-order valence-electron chi connectivity index (χ0n) is 7.19. The summed E-state index contributed by atoms with van der Waals surface area (Å²) in [6.45, 7) is 0. The molecule has 0 aliphatic heterocycles. The highest BCUT2D eigenvalue weighted by Gasteiger charge is 2.14. The highest BCUT2D eigenvalue weighted by atomic mass is 16.3. The molecule has 1 heterocycles. The van der Waals surface area contributed by atoms with Crippen LogP contribution in [0, 0.1) is 0 Å². The Morgan fingerprint density at radius 2 is 2.38 bits per heavy atom. The summed E-state index contributed by atoms with van der Waals surface area (Å²) in [6, 6.07) is 3.42. The minimum atomic E-state index is 0.00866. The number of hydrogen-bond acceptors (Lipinski definition) is 2. The van der Waals surface area contributed by atoms with Gasteiger partial charge in [0.1, 0.15) is 0 Å². The number of hydrogen-bond donors (Lipinski definition) is 0. The van der Waals surface area contributed by atoms with Crippen molar-refractivity contribution in [3.05, 3.63) is 48.0 Å². The summed E-state index contributed by atoms with van der Waals surface area (Å²) in [4.78, 5) is 11.7. The van der Waals surface area contributed by atoms with Crippen LogP contribution in [0.2, 0.25) is 0 Å². The first-order valence-corrected chi connectivity index (χ1v) is 4.32. The normalized spacial score (nSPS) is 15.5. The van der Waals surface area contributed by atoms with Crippen LogP contribution in [-0.2, 0) is 0 Å². The summed E-state index contributed by atoms with van der Waals surface area (Å²) in [5.41, 5.74) is 0.831. The first kappa shape index (κ1) is 8.05. The Hall–Kier alpha value is -1.57. The lowest BCUT2D eigenvalue weighted by atomic mass is 10.00. The van der Waals surface area contributed by atoms with Crippen LogP contribution in [0.1, 0.15) is 23.4 Å². The van der Waals surface area contributed by atoms with Crippen molar-refractivity contribution in [3.8, 4) is 0 Å². The Kier molecular flexibility index (Phi) is 2.13. The van der Waals surface area contributed by atoms with Crippen LogP contribution in [0.15, 0.2) is 46.6 Å². The van der Waals surface area contributed by atoms with Gasteiger partial charge in [-0.2, -0.15) is 0 Å². The number of carbonyl (C=O) groups excluding carboxylic acids is 1. The first-order chi connectivity index (χ1) is 6.38. The van der Waals surface area contributed by atoms with E-state index in [-0.39, 0.29) is 5.78 Å². The van der Waals surface area contributed by atoms with E-state index in [1.54, 1.807) is 12.1 Å². The molecule has 2 rings (SSSR count). The smallest absolute Gasteiger partial charge is 0.224 e. The van der Waals surface area contributed by atoms with Crippen molar-refractivity contribution in [3.63, 3.8) is 0 Å². The Morgan fingerprint density at radius 1 is 1.46 bits per heavy atom. The average molecular weight is 174 g/mol. The molecule has 0 bridgehead atoms. The van der Waals surface area contributed by atoms with Gasteiger partial charge in [-0.15, -0.1) is 0 Å². The topological polar surface area (TPSA) is 30.2 Å². The van der Waals surface area contributed by atoms with E-state index in [0.717, 1.165) is 18.4 Å². The van der Waals surface area contributed by atoms with Crippen LogP contribution in [0.5, 0.6) is 0 Å². The summed E-state index contributed by atoms with van der Waals surface area (Å²) in [7, 11) is 0. The third-order valence-corrected chi connectivity index (χ3v) is 2.05. The maximum absolute atomic E-state index is 11.7. The summed E-state index contributed by atoms with van der Waals surface area (Å²) in [5.74, 6) is 0.441. The van der Waals surface area contributed by atoms with Crippen molar-refractivity contribution in [1.29, 1.82) is 0 Å². The molecular formula is C11H10O2. The molecule has 2 heteroatoms. The minimum Gasteiger partial charge on any atom is -0.461 e. The molecule has 66 valence electrons. The zero-order chi connectivity index (χ0) is 9.10. The fourth-order valence-corrected chi connectivity index (χ4v) is 1.36. The zero-order valence-corrected chi connectivity index (χ0v) is 7.19. The van der Waals surface area contributed by atoms with Gasteiger partial charge in [-0.1, -0.05) is 18.2 Å². The fourth-order valence-electron chi connectivity index (χ4n) is 1.36. The highest BCUT2D eigenvalue weighted by molar-refractivity contribution is 6.07. The molecule has 1 aliphatic carbocycles. The van der Waals surface area contributed by atoms with Gasteiger partial charge in [0.25, 0.3) is 0 Å². The van der Waals surface area contributed by atoms with Gasteiger partial charge < -0.3 is 4.42 Å². The van der Waals surface area contributed by atoms with E-state index >= 15 is 0 Å². The number of Topliss-reactive ketones (excluding diaryl/α,β-unsaturated/α-hetero) is 1. The summed E-state index contributed by atoms with van der Waals surface area (Å²) in [5, 5.41) is 0. The Balaban J connectivity index is 2.22. The number of ketones is 1. The molecular weight excluding hydrogens is 164 g/mol. The van der Waals surface area contributed by atoms with E-state index in [1.165, 1.54) is 6.26 Å². The lowest BCUT2D eigenvalue weighted by Gasteiger charge is -2.04. The van der Waals surface area contributed by atoms with Gasteiger partial charge >= 0.3 is 0 Å². The molecule has 0 radical (unpaired) electrons. The summed E-state index contributed by atoms with van der Waals surface area (Å²) >= 11 is 0. The predicted octanol–water partition coefficient (Wildman–Crippen LogP) is 2.74. The summed E-state index contributed by atoms with van der Waals surface area (Å²) in [6.07, 6.45) is 9.10. The Labute approximate surface area is 76.6 Å². The molecule has 0 amide bonds. The predicted molar refractivity (Wildman–Crippen MR) is 49.5 cm³/mol. The molecule has 13 heavy (non-hydrogen) atoms. The maximum Gasteiger partial charge on any atom is 0.224 e. The lowest BCUT2D eigenvalue weighted by Crippen LogP contribution is -2.03. The fraction of sp³-hybridized carbons (Fsp3) is 0.182. The summed E-state index contributed by atoms with van der Waals surface area (Å²) < 4.78 is 5.03. The number of allylic oxidation sites excluding steroid dienone is 4. The molecule has 0 saturated heterocycles.